The van der Waals surface area contributed by atoms with Crippen molar-refractivity contribution in [3.63, 3.8) is 0 Å². The van der Waals surface area contributed by atoms with Crippen LogP contribution in [0.2, 0.25) is 0 Å². The zero-order valence-corrected chi connectivity index (χ0v) is 15.2. The third-order valence-electron chi connectivity index (χ3n) is 3.82. The van der Waals surface area contributed by atoms with Crippen LogP contribution in [-0.2, 0) is 9.59 Å². The second kappa shape index (κ2) is 7.52. The number of ketones is 1. The molecule has 0 radical (unpaired) electrons. The van der Waals surface area contributed by atoms with Gasteiger partial charge in [0.05, 0.1) is 13.2 Å². The minimum Gasteiger partial charge on any atom is -0.493 e. The number of carbonyl (C=O) groups excluding carboxylic acids is 1. The van der Waals surface area contributed by atoms with Gasteiger partial charge in [-0.15, -0.1) is 0 Å². The van der Waals surface area contributed by atoms with E-state index in [0.29, 0.717) is 27.9 Å². The molecule has 25 heavy (non-hydrogen) atoms. The van der Waals surface area contributed by atoms with Crippen LogP contribution in [0.25, 0.3) is 0 Å². The molecule has 0 saturated carbocycles. The molecule has 0 amide bonds. The standard InChI is InChI=1S/C17H20N2O5S/c1-8-14(9(2)20)15(19-17(25)18-8)11-5-6-12(13(7-11)23-4)24-10(3)16(21)22/h5-7,10,15H,1-4H3,(H,21,22)(H2,18,19,25)/t10-,15+/m0/s1. The van der Waals surface area contributed by atoms with E-state index in [1.165, 1.54) is 21.0 Å². The van der Waals surface area contributed by atoms with Gasteiger partial charge >= 0.3 is 5.97 Å². The van der Waals surface area contributed by atoms with Gasteiger partial charge in [-0.3, -0.25) is 4.79 Å². The van der Waals surface area contributed by atoms with Crippen LogP contribution in [0.1, 0.15) is 32.4 Å². The fraction of sp³-hybridized carbons (Fsp3) is 0.353. The summed E-state index contributed by atoms with van der Waals surface area (Å²) in [5, 5.41) is 15.4. The number of carbonyl (C=O) groups is 2. The van der Waals surface area contributed by atoms with Gasteiger partial charge in [-0.25, -0.2) is 4.79 Å². The molecule has 0 saturated heterocycles. The summed E-state index contributed by atoms with van der Waals surface area (Å²) in [5.41, 5.74) is 2.02. The molecule has 1 heterocycles. The molecule has 1 aromatic carbocycles. The number of carboxylic acid groups (broad SMARTS) is 1. The van der Waals surface area contributed by atoms with Crippen molar-refractivity contribution in [1.82, 2.24) is 10.6 Å². The first-order chi connectivity index (χ1) is 11.7. The molecule has 0 aromatic heterocycles. The van der Waals surface area contributed by atoms with Crippen LogP contribution in [0.3, 0.4) is 0 Å². The second-order valence-corrected chi connectivity index (χ2v) is 6.04. The van der Waals surface area contributed by atoms with Gasteiger partial charge in [0.15, 0.2) is 28.5 Å². The number of hydrogen-bond acceptors (Lipinski definition) is 5. The van der Waals surface area contributed by atoms with Crippen molar-refractivity contribution in [2.24, 2.45) is 0 Å². The first kappa shape index (κ1) is 18.7. The molecule has 1 aliphatic rings. The summed E-state index contributed by atoms with van der Waals surface area (Å²) in [6.07, 6.45) is -1.01. The molecule has 3 N–H and O–H groups in total. The van der Waals surface area contributed by atoms with Gasteiger partial charge in [-0.1, -0.05) is 6.07 Å². The van der Waals surface area contributed by atoms with Crippen LogP contribution < -0.4 is 20.1 Å². The van der Waals surface area contributed by atoms with Crippen molar-refractivity contribution in [1.29, 1.82) is 0 Å². The highest BCUT2D eigenvalue weighted by Crippen LogP contribution is 2.34. The summed E-state index contributed by atoms with van der Waals surface area (Å²) in [5.74, 6) is -0.474. The molecule has 0 bridgehead atoms. The summed E-state index contributed by atoms with van der Waals surface area (Å²) < 4.78 is 10.7. The summed E-state index contributed by atoms with van der Waals surface area (Å²) in [7, 11) is 1.46. The highest BCUT2D eigenvalue weighted by Gasteiger charge is 2.28. The highest BCUT2D eigenvalue weighted by molar-refractivity contribution is 7.80. The van der Waals surface area contributed by atoms with E-state index < -0.39 is 18.1 Å². The number of Topliss-reactive ketones (excluding diaryl/α,β-unsaturated/α-hetero) is 1. The number of rotatable bonds is 6. The largest absolute Gasteiger partial charge is 0.493 e. The van der Waals surface area contributed by atoms with Gasteiger partial charge in [-0.05, 0) is 50.7 Å². The van der Waals surface area contributed by atoms with Crippen LogP contribution >= 0.6 is 12.2 Å². The Kier molecular flexibility index (Phi) is 5.63. The molecule has 7 nitrogen and oxygen atoms in total. The summed E-state index contributed by atoms with van der Waals surface area (Å²) >= 11 is 5.18. The Labute approximate surface area is 151 Å². The Morgan fingerprint density at radius 2 is 2.00 bits per heavy atom. The lowest BCUT2D eigenvalue weighted by Crippen LogP contribution is -2.44. The molecule has 0 fully saturated rings. The van der Waals surface area contributed by atoms with Gasteiger partial charge in [0.1, 0.15) is 0 Å². The van der Waals surface area contributed by atoms with Gasteiger partial charge < -0.3 is 25.2 Å². The number of methoxy groups -OCH3 is 1. The van der Waals surface area contributed by atoms with E-state index in [1.807, 2.05) is 0 Å². The van der Waals surface area contributed by atoms with Crippen molar-refractivity contribution in [2.75, 3.05) is 7.11 Å². The van der Waals surface area contributed by atoms with E-state index in [1.54, 1.807) is 25.1 Å². The Morgan fingerprint density at radius 1 is 1.32 bits per heavy atom. The fourth-order valence-electron chi connectivity index (χ4n) is 2.61. The summed E-state index contributed by atoms with van der Waals surface area (Å²) in [6.45, 7) is 4.72. The predicted molar refractivity (Wildman–Crippen MR) is 95.7 cm³/mol. The maximum absolute atomic E-state index is 12.0. The zero-order valence-electron chi connectivity index (χ0n) is 14.4. The van der Waals surface area contributed by atoms with Crippen molar-refractivity contribution >= 4 is 29.1 Å². The number of carboxylic acids is 1. The normalized spacial score (nSPS) is 18.1. The van der Waals surface area contributed by atoms with Crippen molar-refractivity contribution < 1.29 is 24.2 Å². The van der Waals surface area contributed by atoms with Crippen LogP contribution in [0.4, 0.5) is 0 Å². The number of allylic oxidation sites excluding steroid dienone is 1. The average molecular weight is 364 g/mol. The molecule has 0 aliphatic carbocycles. The molecular weight excluding hydrogens is 344 g/mol. The van der Waals surface area contributed by atoms with E-state index in [-0.39, 0.29) is 5.78 Å². The number of ether oxygens (including phenoxy) is 2. The minimum absolute atomic E-state index is 0.0798. The van der Waals surface area contributed by atoms with E-state index >= 15 is 0 Å². The number of benzene rings is 1. The molecular formula is C17H20N2O5S. The molecule has 0 spiro atoms. The van der Waals surface area contributed by atoms with E-state index in [9.17, 15) is 9.59 Å². The Hall–Kier alpha value is -2.61. The van der Waals surface area contributed by atoms with E-state index in [4.69, 9.17) is 26.8 Å². The van der Waals surface area contributed by atoms with Gasteiger partial charge in [-0.2, -0.15) is 0 Å². The quantitative estimate of drug-likeness (QED) is 0.659. The SMILES string of the molecule is COc1cc([C@H]2NC(=S)NC(C)=C2C(C)=O)ccc1O[C@@H](C)C(=O)O. The fourth-order valence-corrected chi connectivity index (χ4v) is 2.88. The van der Waals surface area contributed by atoms with Gasteiger partial charge in [0.2, 0.25) is 0 Å². The lowest BCUT2D eigenvalue weighted by molar-refractivity contribution is -0.144. The molecule has 0 unspecified atom stereocenters. The molecule has 2 atom stereocenters. The maximum atomic E-state index is 12.0. The molecule has 134 valence electrons. The molecule has 8 heteroatoms. The number of hydrogen-bond donors (Lipinski definition) is 3. The molecule has 2 rings (SSSR count). The topological polar surface area (TPSA) is 96.9 Å². The smallest absolute Gasteiger partial charge is 0.344 e. The van der Waals surface area contributed by atoms with Crippen LogP contribution in [-0.4, -0.2) is 35.2 Å². The first-order valence-corrected chi connectivity index (χ1v) is 8.02. The number of aliphatic carboxylic acids is 1. The van der Waals surface area contributed by atoms with Crippen LogP contribution in [0, 0.1) is 0 Å². The van der Waals surface area contributed by atoms with Crippen molar-refractivity contribution in [3.8, 4) is 11.5 Å². The zero-order chi connectivity index (χ0) is 18.7. The van der Waals surface area contributed by atoms with Crippen LogP contribution in [0.15, 0.2) is 29.5 Å². The Balaban J connectivity index is 2.42. The highest BCUT2D eigenvalue weighted by atomic mass is 32.1. The second-order valence-electron chi connectivity index (χ2n) is 5.63. The maximum Gasteiger partial charge on any atom is 0.344 e. The minimum atomic E-state index is -1.08. The Bertz CT molecular complexity index is 759. The summed E-state index contributed by atoms with van der Waals surface area (Å²) in [4.78, 5) is 23.0. The first-order valence-electron chi connectivity index (χ1n) is 7.61. The van der Waals surface area contributed by atoms with Gasteiger partial charge in [0.25, 0.3) is 0 Å². The lowest BCUT2D eigenvalue weighted by atomic mass is 9.93. The van der Waals surface area contributed by atoms with E-state index in [2.05, 4.69) is 10.6 Å². The molecule has 1 aliphatic heterocycles. The number of thiocarbonyl (C=S) groups is 1. The predicted octanol–water partition coefficient (Wildman–Crippen LogP) is 1.93. The third kappa shape index (κ3) is 4.08. The number of nitrogens with one attached hydrogen (secondary N) is 2. The van der Waals surface area contributed by atoms with Crippen LogP contribution in [0.5, 0.6) is 11.5 Å². The van der Waals surface area contributed by atoms with Crippen molar-refractivity contribution in [2.45, 2.75) is 32.9 Å². The monoisotopic (exact) mass is 364 g/mol. The van der Waals surface area contributed by atoms with Crippen molar-refractivity contribution in [3.05, 3.63) is 35.0 Å². The van der Waals surface area contributed by atoms with E-state index in [0.717, 1.165) is 5.56 Å². The molecule has 1 aromatic rings. The average Bonchev–Trinajstić information content (AvgIpc) is 2.53. The summed E-state index contributed by atoms with van der Waals surface area (Å²) in [6, 6.07) is 4.64. The Morgan fingerprint density at radius 3 is 2.56 bits per heavy atom. The lowest BCUT2D eigenvalue weighted by Gasteiger charge is -2.30. The van der Waals surface area contributed by atoms with Gasteiger partial charge in [0, 0.05) is 11.3 Å². The third-order valence-corrected chi connectivity index (χ3v) is 4.04.